The second-order valence-corrected chi connectivity index (χ2v) is 3.14. The van der Waals surface area contributed by atoms with Gasteiger partial charge in [0.2, 0.25) is 0 Å². The highest BCUT2D eigenvalue weighted by atomic mass is 16.5. The molecule has 0 fully saturated rings. The molecule has 1 rings (SSSR count). The third kappa shape index (κ3) is 14.3. The third-order valence-electron chi connectivity index (χ3n) is 1.80. The van der Waals surface area contributed by atoms with E-state index in [9.17, 15) is 0 Å². The molecule has 0 aromatic heterocycles. The summed E-state index contributed by atoms with van der Waals surface area (Å²) < 4.78 is 4.87. The highest BCUT2D eigenvalue weighted by Gasteiger charge is 1.86. The molecule has 0 aliphatic rings. The van der Waals surface area contributed by atoms with E-state index >= 15 is 0 Å². The van der Waals surface area contributed by atoms with Gasteiger partial charge in [0.05, 0.1) is 6.73 Å². The normalized spacial score (nSPS) is 8.11. The lowest BCUT2D eigenvalue weighted by atomic mass is 10.2. The van der Waals surface area contributed by atoms with Gasteiger partial charge in [0.15, 0.2) is 0 Å². The number of phenolic OH excluding ortho intramolecular Hbond substituents is 1. The molecule has 0 radical (unpaired) electrons. The lowest BCUT2D eigenvalue weighted by Crippen LogP contribution is -2.10. The van der Waals surface area contributed by atoms with Crippen LogP contribution >= 0.6 is 0 Å². The Bertz CT molecular complexity index is 300. The van der Waals surface area contributed by atoms with E-state index in [2.05, 4.69) is 18.7 Å². The topological polar surface area (TPSA) is 61.7 Å². The molecule has 0 saturated carbocycles. The Kier molecular flexibility index (Phi) is 15.9. The van der Waals surface area contributed by atoms with Crippen molar-refractivity contribution in [1.82, 2.24) is 5.32 Å². The Hall–Kier alpha value is -1.70. The fraction of sp³-hybridized carbons (Fsp3) is 0.429. The highest BCUT2D eigenvalue weighted by molar-refractivity contribution is 5.25. The van der Waals surface area contributed by atoms with Crippen LogP contribution in [0.25, 0.3) is 0 Å². The first-order valence-corrected chi connectivity index (χ1v) is 5.76. The van der Waals surface area contributed by atoms with Crippen LogP contribution in [-0.2, 0) is 11.2 Å². The molecule has 4 heteroatoms. The summed E-state index contributed by atoms with van der Waals surface area (Å²) in [5, 5.41) is 18.8. The number of aliphatic hydroxyl groups excluding tert-OH is 1. The van der Waals surface area contributed by atoms with Crippen molar-refractivity contribution in [2.75, 3.05) is 20.4 Å². The van der Waals surface area contributed by atoms with Gasteiger partial charge in [0.1, 0.15) is 11.9 Å². The van der Waals surface area contributed by atoms with E-state index in [0.717, 1.165) is 13.0 Å². The Morgan fingerprint density at radius 3 is 2.06 bits per heavy atom. The van der Waals surface area contributed by atoms with Gasteiger partial charge in [0.25, 0.3) is 0 Å². The summed E-state index contributed by atoms with van der Waals surface area (Å²) in [6.45, 7) is 5.51. The van der Waals surface area contributed by atoms with Gasteiger partial charge >= 0.3 is 0 Å². The van der Waals surface area contributed by atoms with E-state index in [-0.39, 0.29) is 0 Å². The molecular weight excluding hydrogens is 230 g/mol. The SMILES string of the molecule is C#CO.CCOCNC.CCc1ccc(O)cc1. The second-order valence-electron chi connectivity index (χ2n) is 3.14. The second kappa shape index (κ2) is 15.3. The van der Waals surface area contributed by atoms with Crippen LogP contribution < -0.4 is 5.32 Å². The van der Waals surface area contributed by atoms with Crippen molar-refractivity contribution in [1.29, 1.82) is 0 Å². The molecule has 0 spiro atoms. The number of aromatic hydroxyl groups is 1. The summed E-state index contributed by atoms with van der Waals surface area (Å²) in [5.74, 6) is 0.340. The largest absolute Gasteiger partial charge is 0.508 e. The van der Waals surface area contributed by atoms with Gasteiger partial charge in [-0.2, -0.15) is 0 Å². The lowest BCUT2D eigenvalue weighted by Gasteiger charge is -1.93. The lowest BCUT2D eigenvalue weighted by molar-refractivity contribution is 0.134. The van der Waals surface area contributed by atoms with Crippen LogP contribution in [-0.4, -0.2) is 30.6 Å². The van der Waals surface area contributed by atoms with E-state index in [1.165, 1.54) is 11.7 Å². The fourth-order valence-corrected chi connectivity index (χ4v) is 0.936. The molecule has 1 aromatic carbocycles. The third-order valence-corrected chi connectivity index (χ3v) is 1.80. The Morgan fingerprint density at radius 1 is 1.28 bits per heavy atom. The van der Waals surface area contributed by atoms with Crippen molar-refractivity contribution < 1.29 is 14.9 Å². The summed E-state index contributed by atoms with van der Waals surface area (Å²) in [6.07, 6.45) is 6.43. The van der Waals surface area contributed by atoms with E-state index < -0.39 is 0 Å². The van der Waals surface area contributed by atoms with Crippen LogP contribution in [0.5, 0.6) is 5.75 Å². The van der Waals surface area contributed by atoms with E-state index in [0.29, 0.717) is 12.5 Å². The number of aliphatic hydroxyl groups is 1. The summed E-state index contributed by atoms with van der Waals surface area (Å²) >= 11 is 0. The Labute approximate surface area is 110 Å². The standard InChI is InChI=1S/C8H10O.C4H11NO.C2H2O/c1-2-7-3-5-8(9)6-4-7;1-3-6-4-5-2;1-2-3/h3-6,9H,2H2,1H3;5H,3-4H2,1-2H3;1,3H. The van der Waals surface area contributed by atoms with E-state index in [1.54, 1.807) is 12.1 Å². The zero-order valence-corrected chi connectivity index (χ0v) is 11.3. The minimum Gasteiger partial charge on any atom is -0.508 e. The number of hydrogen-bond donors (Lipinski definition) is 3. The number of phenols is 1. The Balaban J connectivity index is 0. The first-order chi connectivity index (χ1) is 8.65. The molecule has 0 saturated heterocycles. The maximum atomic E-state index is 8.85. The van der Waals surface area contributed by atoms with Gasteiger partial charge in [-0.15, -0.1) is 0 Å². The van der Waals surface area contributed by atoms with Gasteiger partial charge < -0.3 is 14.9 Å². The van der Waals surface area contributed by atoms with E-state index in [1.807, 2.05) is 26.1 Å². The number of rotatable bonds is 4. The maximum absolute atomic E-state index is 8.85. The maximum Gasteiger partial charge on any atom is 0.115 e. The quantitative estimate of drug-likeness (QED) is 0.437. The van der Waals surface area contributed by atoms with Crippen molar-refractivity contribution in [3.05, 3.63) is 29.8 Å². The molecule has 18 heavy (non-hydrogen) atoms. The summed E-state index contributed by atoms with van der Waals surface area (Å²) in [7, 11) is 1.86. The molecule has 0 aliphatic heterocycles. The molecule has 0 heterocycles. The average molecular weight is 253 g/mol. The van der Waals surface area contributed by atoms with Gasteiger partial charge in [-0.1, -0.05) is 25.5 Å². The molecule has 1 aromatic rings. The van der Waals surface area contributed by atoms with E-state index in [4.69, 9.17) is 14.9 Å². The van der Waals surface area contributed by atoms with Gasteiger partial charge in [-0.05, 0) is 38.1 Å². The number of ether oxygens (including phenoxy) is 1. The van der Waals surface area contributed by atoms with Crippen LogP contribution in [0.15, 0.2) is 24.3 Å². The molecule has 0 bridgehead atoms. The van der Waals surface area contributed by atoms with Crippen LogP contribution in [0, 0.1) is 12.5 Å². The summed E-state index contributed by atoms with van der Waals surface area (Å²) in [5.41, 5.74) is 1.26. The molecule has 0 amide bonds. The van der Waals surface area contributed by atoms with Gasteiger partial charge in [-0.25, -0.2) is 0 Å². The Morgan fingerprint density at radius 2 is 1.78 bits per heavy atom. The predicted octanol–water partition coefficient (Wildman–Crippen LogP) is 2.10. The summed E-state index contributed by atoms with van der Waals surface area (Å²) in [6, 6.07) is 7.27. The smallest absolute Gasteiger partial charge is 0.115 e. The highest BCUT2D eigenvalue weighted by Crippen LogP contribution is 2.09. The number of terminal acetylenes is 1. The number of nitrogens with one attached hydrogen (secondary N) is 1. The van der Waals surface area contributed by atoms with Crippen molar-refractivity contribution in [2.45, 2.75) is 20.3 Å². The van der Waals surface area contributed by atoms with Crippen LogP contribution in [0.3, 0.4) is 0 Å². The average Bonchev–Trinajstić information content (AvgIpc) is 2.39. The molecule has 102 valence electrons. The minimum absolute atomic E-state index is 0.340. The first-order valence-electron chi connectivity index (χ1n) is 5.76. The fourth-order valence-electron chi connectivity index (χ4n) is 0.936. The van der Waals surface area contributed by atoms with Crippen LogP contribution in [0.1, 0.15) is 19.4 Å². The molecule has 0 atom stereocenters. The monoisotopic (exact) mass is 253 g/mol. The van der Waals surface area contributed by atoms with Crippen molar-refractivity contribution in [3.8, 4) is 18.3 Å². The predicted molar refractivity (Wildman–Crippen MR) is 73.8 cm³/mol. The number of hydrogen-bond acceptors (Lipinski definition) is 4. The molecule has 0 aliphatic carbocycles. The molecular formula is C14H23NO3. The zero-order chi connectivity index (χ0) is 14.2. The van der Waals surface area contributed by atoms with Crippen molar-refractivity contribution >= 4 is 0 Å². The molecule has 0 unspecified atom stereocenters. The van der Waals surface area contributed by atoms with Crippen molar-refractivity contribution in [3.63, 3.8) is 0 Å². The van der Waals surface area contributed by atoms with Gasteiger partial charge in [0, 0.05) is 6.61 Å². The summed E-state index contributed by atoms with van der Waals surface area (Å²) in [4.78, 5) is 0. The van der Waals surface area contributed by atoms with Gasteiger partial charge in [-0.3, -0.25) is 5.32 Å². The van der Waals surface area contributed by atoms with Crippen LogP contribution in [0.4, 0.5) is 0 Å². The van der Waals surface area contributed by atoms with Crippen LogP contribution in [0.2, 0.25) is 0 Å². The molecule has 3 N–H and O–H groups in total. The first kappa shape index (κ1) is 18.7. The van der Waals surface area contributed by atoms with Crippen molar-refractivity contribution in [2.24, 2.45) is 0 Å². The molecule has 4 nitrogen and oxygen atoms in total. The number of benzene rings is 1. The number of aryl methyl sites for hydroxylation is 1. The zero-order valence-electron chi connectivity index (χ0n) is 11.3. The minimum atomic E-state index is 0.340.